The Morgan fingerprint density at radius 2 is 1.80 bits per heavy atom. The number of cyclic esters (lactones) is 1. The van der Waals surface area contributed by atoms with Gasteiger partial charge in [0.05, 0.1) is 31.8 Å². The van der Waals surface area contributed by atoms with Gasteiger partial charge in [0.25, 0.3) is 0 Å². The molecule has 10 nitrogen and oxygen atoms in total. The van der Waals surface area contributed by atoms with Crippen LogP contribution in [-0.4, -0.2) is 83.9 Å². The molecule has 0 aromatic carbocycles. The highest BCUT2D eigenvalue weighted by Gasteiger charge is 2.53. The minimum Gasteiger partial charge on any atom is -0.490 e. The van der Waals surface area contributed by atoms with Crippen LogP contribution in [0, 0.1) is 47.9 Å². The molecule has 1 saturated heterocycles. The maximum absolute atomic E-state index is 13.6. The SMILES string of the molecule is C#CCCC(=O)O[C@@H]1C[C@](O)([C@@H](C)[C@H](O)[C@H](C)[C@H]2OC(=O)/C(OC)=C/C(C)=C/[C@@H](C)[C@@H](O)[C@@H](C)C/C(C)=C/C=C/[C@@H]2OC)O[C@H](C(C)C)[C@H]1C. The quantitative estimate of drug-likeness (QED) is 0.193. The summed E-state index contributed by atoms with van der Waals surface area (Å²) in [6.07, 6.45) is 10.3. The summed E-state index contributed by atoms with van der Waals surface area (Å²) >= 11 is 0. The number of esters is 2. The van der Waals surface area contributed by atoms with Crippen LogP contribution in [0.15, 0.2) is 47.3 Å². The molecule has 0 spiro atoms. The van der Waals surface area contributed by atoms with Gasteiger partial charge in [0.1, 0.15) is 18.3 Å². The molecule has 0 aromatic heterocycles. The first-order valence-corrected chi connectivity index (χ1v) is 17.8. The van der Waals surface area contributed by atoms with E-state index in [1.54, 1.807) is 26.0 Å². The third-order valence-electron chi connectivity index (χ3n) is 10.2. The molecule has 10 heteroatoms. The molecule has 12 atom stereocenters. The van der Waals surface area contributed by atoms with Crippen LogP contribution in [0.4, 0.5) is 0 Å². The lowest BCUT2D eigenvalue weighted by Crippen LogP contribution is -2.59. The van der Waals surface area contributed by atoms with Crippen LogP contribution in [0.1, 0.15) is 88.0 Å². The molecular weight excluding hydrogens is 640 g/mol. The zero-order valence-corrected chi connectivity index (χ0v) is 31.9. The minimum absolute atomic E-state index is 0.0257. The molecule has 282 valence electrons. The maximum Gasteiger partial charge on any atom is 0.373 e. The predicted octanol–water partition coefficient (Wildman–Crippen LogP) is 5.66. The third-order valence-corrected chi connectivity index (χ3v) is 10.2. The van der Waals surface area contributed by atoms with Gasteiger partial charge in [-0.2, -0.15) is 0 Å². The Labute approximate surface area is 299 Å². The Morgan fingerprint density at radius 1 is 1.14 bits per heavy atom. The van der Waals surface area contributed by atoms with Crippen molar-refractivity contribution in [2.45, 2.75) is 130 Å². The number of methoxy groups -OCH3 is 2. The van der Waals surface area contributed by atoms with Crippen molar-refractivity contribution < 1.29 is 48.6 Å². The largest absolute Gasteiger partial charge is 0.490 e. The van der Waals surface area contributed by atoms with Crippen LogP contribution in [-0.2, 0) is 33.3 Å². The number of aliphatic hydroxyl groups excluding tert-OH is 2. The molecule has 50 heavy (non-hydrogen) atoms. The number of aliphatic hydroxyl groups is 3. The maximum atomic E-state index is 13.6. The number of allylic oxidation sites excluding steroid dienone is 5. The van der Waals surface area contributed by atoms with Crippen molar-refractivity contribution in [3.05, 3.63) is 47.3 Å². The van der Waals surface area contributed by atoms with E-state index < -0.39 is 66.2 Å². The molecule has 0 amide bonds. The van der Waals surface area contributed by atoms with Gasteiger partial charge in [0.2, 0.25) is 5.76 Å². The lowest BCUT2D eigenvalue weighted by molar-refractivity contribution is -0.329. The van der Waals surface area contributed by atoms with Crippen molar-refractivity contribution in [2.75, 3.05) is 14.2 Å². The molecule has 2 rings (SSSR count). The number of carbonyl (C=O) groups excluding carboxylic acids is 2. The van der Waals surface area contributed by atoms with E-state index in [9.17, 15) is 24.9 Å². The van der Waals surface area contributed by atoms with Crippen molar-refractivity contribution >= 4 is 11.9 Å². The highest BCUT2D eigenvalue weighted by atomic mass is 16.6. The van der Waals surface area contributed by atoms with E-state index in [4.69, 9.17) is 30.1 Å². The topological polar surface area (TPSA) is 141 Å². The number of ether oxygens (including phenoxy) is 5. The van der Waals surface area contributed by atoms with Gasteiger partial charge in [-0.05, 0) is 38.2 Å². The summed E-state index contributed by atoms with van der Waals surface area (Å²) in [7, 11) is 2.85. The van der Waals surface area contributed by atoms with E-state index in [1.165, 1.54) is 14.2 Å². The van der Waals surface area contributed by atoms with Crippen LogP contribution in [0.5, 0.6) is 0 Å². The second-order valence-corrected chi connectivity index (χ2v) is 14.7. The van der Waals surface area contributed by atoms with Crippen molar-refractivity contribution in [1.29, 1.82) is 0 Å². The number of carbonyl (C=O) groups is 2. The zero-order valence-electron chi connectivity index (χ0n) is 31.9. The number of rotatable bonds is 10. The Morgan fingerprint density at radius 3 is 2.38 bits per heavy atom. The Kier molecular flexibility index (Phi) is 17.0. The molecule has 0 bridgehead atoms. The smallest absolute Gasteiger partial charge is 0.373 e. The summed E-state index contributed by atoms with van der Waals surface area (Å²) in [5.74, 6) is -2.93. The molecular formula is C40H62O10. The summed E-state index contributed by atoms with van der Waals surface area (Å²) < 4.78 is 29.5. The molecule has 2 aliphatic heterocycles. The minimum atomic E-state index is -1.88. The molecule has 0 aliphatic carbocycles. The fourth-order valence-corrected chi connectivity index (χ4v) is 7.07. The summed E-state index contributed by atoms with van der Waals surface area (Å²) in [6, 6.07) is 0. The van der Waals surface area contributed by atoms with Crippen molar-refractivity contribution in [2.24, 2.45) is 35.5 Å². The molecule has 0 saturated carbocycles. The van der Waals surface area contributed by atoms with Gasteiger partial charge >= 0.3 is 11.9 Å². The standard InChI is InChI=1S/C40H62O10/c1-13-14-18-34(41)48-33-22-40(45,50-37(23(2)3)28(33)8)30(10)36(43)29(9)38-31(46-11)17-15-16-24(4)19-26(6)35(42)27(7)20-25(5)21-32(47-12)39(44)49-38/h1,15-17,20-21,23,26-31,33,35-38,42-43,45H,14,18-19,22H2,2-12H3/b17-15+,24-16+,25-20+,32-21-/t26-,27+,28-,29-,30-,31-,33+,35-,36+,37+,38+,40+/m0/s1. The lowest BCUT2D eigenvalue weighted by atomic mass is 9.76. The molecule has 3 N–H and O–H groups in total. The molecule has 2 heterocycles. The normalized spacial score (nSPS) is 37.3. The molecule has 0 aromatic rings. The van der Waals surface area contributed by atoms with Crippen molar-refractivity contribution in [3.8, 4) is 12.3 Å². The molecule has 0 radical (unpaired) electrons. The Bertz CT molecular complexity index is 1290. The van der Waals surface area contributed by atoms with E-state index >= 15 is 0 Å². The number of hydrogen-bond acceptors (Lipinski definition) is 10. The summed E-state index contributed by atoms with van der Waals surface area (Å²) in [5, 5.41) is 35.0. The van der Waals surface area contributed by atoms with Gasteiger partial charge in [-0.3, -0.25) is 4.79 Å². The van der Waals surface area contributed by atoms with Gasteiger partial charge in [-0.25, -0.2) is 4.79 Å². The molecule has 0 unspecified atom stereocenters. The van der Waals surface area contributed by atoms with E-state index in [0.717, 1.165) is 5.57 Å². The van der Waals surface area contributed by atoms with Crippen molar-refractivity contribution in [3.63, 3.8) is 0 Å². The lowest BCUT2D eigenvalue weighted by Gasteiger charge is -2.50. The first-order valence-electron chi connectivity index (χ1n) is 17.8. The second kappa shape index (κ2) is 19.6. The summed E-state index contributed by atoms with van der Waals surface area (Å²) in [4.78, 5) is 26.2. The van der Waals surface area contributed by atoms with Crippen LogP contribution in [0.2, 0.25) is 0 Å². The van der Waals surface area contributed by atoms with Crippen LogP contribution in [0.25, 0.3) is 0 Å². The van der Waals surface area contributed by atoms with Gasteiger partial charge in [-0.15, -0.1) is 12.3 Å². The fraction of sp³-hybridized carbons (Fsp3) is 0.700. The summed E-state index contributed by atoms with van der Waals surface area (Å²) in [5.41, 5.74) is 1.75. The highest BCUT2D eigenvalue weighted by Crippen LogP contribution is 2.42. The summed E-state index contributed by atoms with van der Waals surface area (Å²) in [6.45, 7) is 16.9. The van der Waals surface area contributed by atoms with Crippen molar-refractivity contribution in [1.82, 2.24) is 0 Å². The van der Waals surface area contributed by atoms with Gasteiger partial charge in [0.15, 0.2) is 5.79 Å². The Balaban J connectivity index is 2.54. The van der Waals surface area contributed by atoms with Crippen LogP contribution in [0.3, 0.4) is 0 Å². The molecule has 1 fully saturated rings. The second-order valence-electron chi connectivity index (χ2n) is 14.7. The highest BCUT2D eigenvalue weighted by molar-refractivity contribution is 5.87. The number of terminal acetylenes is 1. The van der Waals surface area contributed by atoms with Gasteiger partial charge in [-0.1, -0.05) is 83.9 Å². The van der Waals surface area contributed by atoms with E-state index in [2.05, 4.69) is 5.92 Å². The van der Waals surface area contributed by atoms with Crippen LogP contribution >= 0.6 is 0 Å². The first kappa shape index (κ1) is 43.2. The third kappa shape index (κ3) is 11.5. The van der Waals surface area contributed by atoms with E-state index in [0.29, 0.717) is 12.0 Å². The zero-order chi connectivity index (χ0) is 37.9. The monoisotopic (exact) mass is 702 g/mol. The first-order chi connectivity index (χ1) is 23.4. The predicted molar refractivity (Wildman–Crippen MR) is 192 cm³/mol. The molecule has 2 aliphatic rings. The Hall–Kier alpha value is -2.94. The van der Waals surface area contributed by atoms with Gasteiger partial charge in [0, 0.05) is 43.6 Å². The van der Waals surface area contributed by atoms with E-state index in [-0.39, 0.29) is 48.7 Å². The average molecular weight is 703 g/mol. The fourth-order valence-electron chi connectivity index (χ4n) is 7.07. The average Bonchev–Trinajstić information content (AvgIpc) is 3.06. The van der Waals surface area contributed by atoms with Gasteiger partial charge < -0.3 is 39.0 Å². The van der Waals surface area contributed by atoms with Crippen LogP contribution < -0.4 is 0 Å². The number of hydrogen-bond donors (Lipinski definition) is 3. The van der Waals surface area contributed by atoms with E-state index in [1.807, 2.05) is 66.7 Å².